The number of carbonyl (C=O) groups is 1. The summed E-state index contributed by atoms with van der Waals surface area (Å²) >= 11 is 0. The Morgan fingerprint density at radius 2 is 1.37 bits per heavy atom. The topological polar surface area (TPSA) is 60.4 Å². The molecule has 0 aliphatic carbocycles. The number of furan rings is 1. The number of carbonyl (C=O) groups excluding carboxylic acids is 1. The van der Waals surface area contributed by atoms with Gasteiger partial charge in [-0.3, -0.25) is 4.79 Å². The molecule has 4 aromatic carbocycles. The predicted molar refractivity (Wildman–Crippen MR) is 152 cm³/mol. The minimum absolute atomic E-state index is 0.186. The van der Waals surface area contributed by atoms with Crippen LogP contribution in [0.3, 0.4) is 0 Å². The largest absolute Gasteiger partial charge is 0.452 e. The lowest BCUT2D eigenvalue weighted by molar-refractivity contribution is 0.101. The Morgan fingerprint density at radius 1 is 0.711 bits per heavy atom. The molecule has 184 valence electrons. The normalized spacial score (nSPS) is 11.5. The van der Waals surface area contributed by atoms with Crippen LogP contribution in [0.2, 0.25) is 0 Å². The third-order valence-corrected chi connectivity index (χ3v) is 6.83. The van der Waals surface area contributed by atoms with Crippen LogP contribution in [-0.4, -0.2) is 5.78 Å². The molecule has 6 aromatic rings. The summed E-state index contributed by atoms with van der Waals surface area (Å²) in [4.78, 5) is 26.5. The molecule has 4 heteroatoms. The van der Waals surface area contributed by atoms with Crippen molar-refractivity contribution in [2.75, 3.05) is 0 Å². The summed E-state index contributed by atoms with van der Waals surface area (Å²) in [5, 5.41) is 1.57. The fourth-order valence-electron chi connectivity index (χ4n) is 4.78. The van der Waals surface area contributed by atoms with E-state index < -0.39 is 5.63 Å². The van der Waals surface area contributed by atoms with Crippen molar-refractivity contribution in [3.63, 3.8) is 0 Å². The van der Waals surface area contributed by atoms with Crippen LogP contribution in [-0.2, 0) is 0 Å². The zero-order valence-electron chi connectivity index (χ0n) is 21.0. The molecule has 0 bridgehead atoms. The van der Waals surface area contributed by atoms with Crippen molar-refractivity contribution >= 4 is 39.9 Å². The molecule has 0 N–H and O–H groups in total. The van der Waals surface area contributed by atoms with Crippen LogP contribution in [0.5, 0.6) is 0 Å². The molecule has 0 aliphatic heterocycles. The highest BCUT2D eigenvalue weighted by atomic mass is 16.4. The molecule has 0 radical (unpaired) electrons. The molecule has 4 nitrogen and oxygen atoms in total. The maximum atomic E-state index is 13.3. The Labute approximate surface area is 219 Å². The van der Waals surface area contributed by atoms with Gasteiger partial charge in [-0.25, -0.2) is 4.79 Å². The summed E-state index contributed by atoms with van der Waals surface area (Å²) in [6.45, 7) is 3.93. The van der Waals surface area contributed by atoms with Crippen molar-refractivity contribution in [1.82, 2.24) is 0 Å². The molecule has 0 unspecified atom stereocenters. The molecule has 0 saturated carbocycles. The van der Waals surface area contributed by atoms with E-state index in [1.807, 2.05) is 92.7 Å². The standard InChI is InChI=1S/C34H24O4/c1-21-13-15-23(16-14-21)17-18-26-28-19-27-22(2)33(32(35)25-11-7-4-8-12-25)37-29(27)20-30(28)38-34(36)31(26)24-9-5-3-6-10-24/h3-20H,1-2H3/b18-17+. The van der Waals surface area contributed by atoms with Crippen LogP contribution < -0.4 is 5.63 Å². The maximum Gasteiger partial charge on any atom is 0.344 e. The first kappa shape index (κ1) is 23.4. The van der Waals surface area contributed by atoms with E-state index in [0.717, 1.165) is 33.0 Å². The first-order valence-corrected chi connectivity index (χ1v) is 12.4. The second-order valence-electron chi connectivity index (χ2n) is 9.38. The molecule has 2 aromatic heterocycles. The van der Waals surface area contributed by atoms with Crippen LogP contribution in [0, 0.1) is 13.8 Å². The van der Waals surface area contributed by atoms with Gasteiger partial charge in [-0.2, -0.15) is 0 Å². The van der Waals surface area contributed by atoms with Crippen LogP contribution in [0.1, 0.15) is 38.4 Å². The molecule has 0 atom stereocenters. The van der Waals surface area contributed by atoms with Gasteiger partial charge in [0, 0.05) is 33.5 Å². The molecule has 38 heavy (non-hydrogen) atoms. The van der Waals surface area contributed by atoms with Crippen LogP contribution >= 0.6 is 0 Å². The van der Waals surface area contributed by atoms with Crippen LogP contribution in [0.25, 0.3) is 45.2 Å². The zero-order valence-corrected chi connectivity index (χ0v) is 21.0. The van der Waals surface area contributed by atoms with E-state index in [-0.39, 0.29) is 11.5 Å². The van der Waals surface area contributed by atoms with Gasteiger partial charge < -0.3 is 8.83 Å². The van der Waals surface area contributed by atoms with Gasteiger partial charge in [0.05, 0.1) is 5.56 Å². The highest BCUT2D eigenvalue weighted by Crippen LogP contribution is 2.35. The Kier molecular flexibility index (Phi) is 5.85. The van der Waals surface area contributed by atoms with Gasteiger partial charge >= 0.3 is 5.63 Å². The van der Waals surface area contributed by atoms with Gasteiger partial charge in [0.2, 0.25) is 5.78 Å². The SMILES string of the molecule is Cc1ccc(/C=C/c2c(-c3ccccc3)c(=O)oc3cc4oc(C(=O)c5ccccc5)c(C)c4cc23)cc1. The molecule has 0 aliphatic rings. The molecule has 2 heterocycles. The van der Waals surface area contributed by atoms with E-state index in [1.165, 1.54) is 5.56 Å². The van der Waals surface area contributed by atoms with Crippen molar-refractivity contribution in [1.29, 1.82) is 0 Å². The van der Waals surface area contributed by atoms with E-state index in [2.05, 4.69) is 12.1 Å². The Bertz CT molecular complexity index is 1890. The summed E-state index contributed by atoms with van der Waals surface area (Å²) < 4.78 is 11.9. The van der Waals surface area contributed by atoms with Gasteiger partial charge in [0.25, 0.3) is 0 Å². The highest BCUT2D eigenvalue weighted by molar-refractivity contribution is 6.12. The van der Waals surface area contributed by atoms with Crippen molar-refractivity contribution < 1.29 is 13.6 Å². The van der Waals surface area contributed by atoms with E-state index in [4.69, 9.17) is 8.83 Å². The van der Waals surface area contributed by atoms with E-state index in [9.17, 15) is 9.59 Å². The van der Waals surface area contributed by atoms with Crippen LogP contribution in [0.15, 0.2) is 111 Å². The smallest absolute Gasteiger partial charge is 0.344 e. The van der Waals surface area contributed by atoms with E-state index >= 15 is 0 Å². The van der Waals surface area contributed by atoms with Crippen molar-refractivity contribution in [2.45, 2.75) is 13.8 Å². The molecular weight excluding hydrogens is 472 g/mol. The molecule has 0 saturated heterocycles. The quantitative estimate of drug-likeness (QED) is 0.178. The van der Waals surface area contributed by atoms with E-state index in [0.29, 0.717) is 22.3 Å². The van der Waals surface area contributed by atoms with Gasteiger partial charge in [-0.05, 0) is 31.0 Å². The molecular formula is C34H24O4. The monoisotopic (exact) mass is 496 g/mol. The number of hydrogen-bond donors (Lipinski definition) is 0. The summed E-state index contributed by atoms with van der Waals surface area (Å²) in [5.41, 5.74) is 5.98. The molecule has 0 amide bonds. The molecule has 0 spiro atoms. The summed E-state index contributed by atoms with van der Waals surface area (Å²) in [7, 11) is 0. The van der Waals surface area contributed by atoms with Crippen molar-refractivity contribution in [2.24, 2.45) is 0 Å². The second-order valence-corrected chi connectivity index (χ2v) is 9.38. The lowest BCUT2D eigenvalue weighted by Gasteiger charge is -2.09. The zero-order chi connectivity index (χ0) is 26.2. The average Bonchev–Trinajstić information content (AvgIpc) is 3.27. The first-order chi connectivity index (χ1) is 18.5. The van der Waals surface area contributed by atoms with Crippen LogP contribution in [0.4, 0.5) is 0 Å². The number of ketones is 1. The third kappa shape index (κ3) is 4.16. The van der Waals surface area contributed by atoms with Gasteiger partial charge in [0.15, 0.2) is 5.76 Å². The Balaban J connectivity index is 1.60. The fourth-order valence-corrected chi connectivity index (χ4v) is 4.78. The summed E-state index contributed by atoms with van der Waals surface area (Å²) in [5.74, 6) is 0.0955. The number of rotatable bonds is 5. The Hall–Kier alpha value is -4.96. The number of fused-ring (bicyclic) bond motifs is 2. The first-order valence-electron chi connectivity index (χ1n) is 12.4. The minimum atomic E-state index is -0.435. The number of aryl methyl sites for hydroxylation is 2. The predicted octanol–water partition coefficient (Wildman–Crippen LogP) is 8.22. The fraction of sp³-hybridized carbons (Fsp3) is 0.0588. The minimum Gasteiger partial charge on any atom is -0.452 e. The number of benzene rings is 4. The highest BCUT2D eigenvalue weighted by Gasteiger charge is 2.22. The lowest BCUT2D eigenvalue weighted by Crippen LogP contribution is -2.06. The average molecular weight is 497 g/mol. The third-order valence-electron chi connectivity index (χ3n) is 6.83. The summed E-state index contributed by atoms with van der Waals surface area (Å²) in [6, 6.07) is 30.4. The molecule has 6 rings (SSSR count). The summed E-state index contributed by atoms with van der Waals surface area (Å²) in [6.07, 6.45) is 3.96. The van der Waals surface area contributed by atoms with E-state index in [1.54, 1.807) is 18.2 Å². The Morgan fingerprint density at radius 3 is 2.08 bits per heavy atom. The van der Waals surface area contributed by atoms with Gasteiger partial charge in [0.1, 0.15) is 11.2 Å². The maximum absolute atomic E-state index is 13.3. The number of hydrogen-bond acceptors (Lipinski definition) is 4. The van der Waals surface area contributed by atoms with Crippen molar-refractivity contribution in [3.8, 4) is 11.1 Å². The second kappa shape index (κ2) is 9.49. The molecule has 0 fully saturated rings. The van der Waals surface area contributed by atoms with Crippen molar-refractivity contribution in [3.05, 3.63) is 141 Å². The lowest BCUT2D eigenvalue weighted by atomic mass is 9.96. The van der Waals surface area contributed by atoms with Gasteiger partial charge in [-0.15, -0.1) is 0 Å². The van der Waals surface area contributed by atoms with Gasteiger partial charge in [-0.1, -0.05) is 103 Å².